The number of hydrogen-bond donors (Lipinski definition) is 1. The minimum atomic E-state index is -0.0524. The third-order valence-electron chi connectivity index (χ3n) is 4.30. The van der Waals surface area contributed by atoms with Crippen molar-refractivity contribution in [3.05, 3.63) is 33.5 Å². The monoisotopic (exact) mass is 299 g/mol. The maximum atomic E-state index is 12.0. The molecule has 0 fully saturated rings. The Morgan fingerprint density at radius 1 is 1.33 bits per heavy atom. The van der Waals surface area contributed by atoms with Gasteiger partial charge in [-0.15, -0.1) is 11.3 Å². The van der Waals surface area contributed by atoms with Gasteiger partial charge in [-0.1, -0.05) is 13.3 Å². The molecule has 4 nitrogen and oxygen atoms in total. The summed E-state index contributed by atoms with van der Waals surface area (Å²) < 4.78 is 0.708. The van der Waals surface area contributed by atoms with Crippen molar-refractivity contribution in [2.75, 3.05) is 0 Å². The number of nitrogens with zero attached hydrogens (tertiary/aromatic N) is 2. The molecular weight excluding hydrogens is 282 g/mol. The highest BCUT2D eigenvalue weighted by molar-refractivity contribution is 7.25. The second-order valence-corrected chi connectivity index (χ2v) is 6.66. The van der Waals surface area contributed by atoms with Crippen molar-refractivity contribution in [2.24, 2.45) is 0 Å². The van der Waals surface area contributed by atoms with Gasteiger partial charge in [0, 0.05) is 11.1 Å². The predicted molar refractivity (Wildman–Crippen MR) is 86.2 cm³/mol. The lowest BCUT2D eigenvalue weighted by Crippen LogP contribution is -2.09. The van der Waals surface area contributed by atoms with Gasteiger partial charge in [-0.2, -0.15) is 0 Å². The molecule has 0 bridgehead atoms. The van der Waals surface area contributed by atoms with Gasteiger partial charge in [-0.25, -0.2) is 9.97 Å². The Morgan fingerprint density at radius 3 is 3.05 bits per heavy atom. The van der Waals surface area contributed by atoms with Crippen LogP contribution in [0, 0.1) is 0 Å². The van der Waals surface area contributed by atoms with Crippen LogP contribution in [0.4, 0.5) is 0 Å². The van der Waals surface area contributed by atoms with Crippen LogP contribution < -0.4 is 5.56 Å². The van der Waals surface area contributed by atoms with Gasteiger partial charge in [-0.05, 0) is 43.2 Å². The summed E-state index contributed by atoms with van der Waals surface area (Å²) in [7, 11) is 0. The van der Waals surface area contributed by atoms with Gasteiger partial charge < -0.3 is 4.98 Å². The molecule has 0 atom stereocenters. The fraction of sp³-hybridized carbons (Fsp3) is 0.438. The molecule has 3 heterocycles. The van der Waals surface area contributed by atoms with E-state index in [-0.39, 0.29) is 5.56 Å². The minimum Gasteiger partial charge on any atom is -0.312 e. The fourth-order valence-electron chi connectivity index (χ4n) is 3.40. The van der Waals surface area contributed by atoms with E-state index in [0.717, 1.165) is 41.4 Å². The molecular formula is C16H17N3OS. The summed E-state index contributed by atoms with van der Waals surface area (Å²) in [5, 5.41) is 1.13. The molecule has 1 aliphatic rings. The topological polar surface area (TPSA) is 58.6 Å². The van der Waals surface area contributed by atoms with E-state index in [1.807, 2.05) is 0 Å². The average molecular weight is 299 g/mol. The van der Waals surface area contributed by atoms with E-state index in [4.69, 9.17) is 4.98 Å². The second-order valence-electron chi connectivity index (χ2n) is 5.66. The van der Waals surface area contributed by atoms with Gasteiger partial charge in [0.25, 0.3) is 5.56 Å². The van der Waals surface area contributed by atoms with Crippen molar-refractivity contribution < 1.29 is 0 Å². The molecule has 0 aliphatic heterocycles. The number of pyridine rings is 1. The molecule has 0 saturated carbocycles. The summed E-state index contributed by atoms with van der Waals surface area (Å²) in [6.45, 7) is 2.20. The summed E-state index contributed by atoms with van der Waals surface area (Å²) in [5.74, 6) is 0. The number of H-pyrrole nitrogens is 1. The van der Waals surface area contributed by atoms with E-state index in [1.165, 1.54) is 47.3 Å². The van der Waals surface area contributed by atoms with Crippen LogP contribution in [0.5, 0.6) is 0 Å². The molecule has 0 radical (unpaired) electrons. The fourth-order valence-corrected chi connectivity index (χ4v) is 4.47. The number of fused-ring (bicyclic) bond motifs is 4. The minimum absolute atomic E-state index is 0.0524. The molecule has 1 N–H and O–H groups in total. The first-order valence-electron chi connectivity index (χ1n) is 7.60. The zero-order valence-electron chi connectivity index (χ0n) is 12.0. The molecule has 0 spiro atoms. The van der Waals surface area contributed by atoms with Gasteiger partial charge in [0.2, 0.25) is 0 Å². The van der Waals surface area contributed by atoms with Crippen LogP contribution in [0.15, 0.2) is 11.1 Å². The zero-order chi connectivity index (χ0) is 14.4. The summed E-state index contributed by atoms with van der Waals surface area (Å²) >= 11 is 1.48. The molecule has 0 aromatic carbocycles. The third-order valence-corrected chi connectivity index (χ3v) is 5.37. The SMILES string of the molecule is CCCc1c2c(nc3sc4c(=O)[nH]cnc4c13)CCCC2. The molecule has 5 heteroatoms. The van der Waals surface area contributed by atoms with E-state index in [0.29, 0.717) is 4.70 Å². The highest BCUT2D eigenvalue weighted by Gasteiger charge is 2.21. The highest BCUT2D eigenvalue weighted by atomic mass is 32.1. The quantitative estimate of drug-likeness (QED) is 0.789. The molecule has 0 saturated heterocycles. The molecule has 3 aromatic rings. The van der Waals surface area contributed by atoms with Crippen LogP contribution in [-0.2, 0) is 19.3 Å². The molecule has 3 aromatic heterocycles. The first kappa shape index (κ1) is 13.0. The molecule has 21 heavy (non-hydrogen) atoms. The Bertz CT molecular complexity index is 894. The van der Waals surface area contributed by atoms with Gasteiger partial charge in [0.15, 0.2) is 0 Å². The lowest BCUT2D eigenvalue weighted by atomic mass is 9.89. The number of rotatable bonds is 2. The lowest BCUT2D eigenvalue weighted by molar-refractivity contribution is 0.663. The Hall–Kier alpha value is -1.75. The number of thiophene rings is 1. The Kier molecular flexibility index (Phi) is 3.03. The van der Waals surface area contributed by atoms with E-state index in [2.05, 4.69) is 16.9 Å². The largest absolute Gasteiger partial charge is 0.312 e. The molecule has 1 aliphatic carbocycles. The average Bonchev–Trinajstić information content (AvgIpc) is 2.87. The summed E-state index contributed by atoms with van der Waals surface area (Å²) in [6.07, 6.45) is 8.31. The Morgan fingerprint density at radius 2 is 2.19 bits per heavy atom. The van der Waals surface area contributed by atoms with Crippen LogP contribution in [0.1, 0.15) is 43.0 Å². The Labute approximate surface area is 126 Å². The number of aromatic nitrogens is 3. The van der Waals surface area contributed by atoms with Crippen molar-refractivity contribution in [2.45, 2.75) is 45.4 Å². The van der Waals surface area contributed by atoms with Gasteiger partial charge in [0.1, 0.15) is 9.53 Å². The molecule has 0 unspecified atom stereocenters. The standard InChI is InChI=1S/C16H17N3OS/c1-2-5-10-9-6-3-4-7-11(9)19-16-12(10)13-14(21-16)15(20)18-8-17-13/h8H,2-7H2,1H3,(H,17,18,20). The van der Waals surface area contributed by atoms with Gasteiger partial charge in [0.05, 0.1) is 11.8 Å². The van der Waals surface area contributed by atoms with Crippen LogP contribution >= 0.6 is 11.3 Å². The second kappa shape index (κ2) is 4.91. The first-order chi connectivity index (χ1) is 10.3. The smallest absolute Gasteiger partial charge is 0.268 e. The molecule has 108 valence electrons. The van der Waals surface area contributed by atoms with Gasteiger partial charge in [-0.3, -0.25) is 4.79 Å². The van der Waals surface area contributed by atoms with Crippen molar-refractivity contribution in [3.63, 3.8) is 0 Å². The molecule has 4 rings (SSSR count). The van der Waals surface area contributed by atoms with Crippen LogP contribution in [-0.4, -0.2) is 15.0 Å². The van der Waals surface area contributed by atoms with Crippen LogP contribution in [0.25, 0.3) is 20.4 Å². The lowest BCUT2D eigenvalue weighted by Gasteiger charge is -2.19. The molecule has 0 amide bonds. The van der Waals surface area contributed by atoms with Crippen molar-refractivity contribution >= 4 is 31.8 Å². The van der Waals surface area contributed by atoms with E-state index in [1.54, 1.807) is 0 Å². The summed E-state index contributed by atoms with van der Waals surface area (Å²) in [4.78, 5) is 25.0. The summed E-state index contributed by atoms with van der Waals surface area (Å²) in [6, 6.07) is 0. The number of hydrogen-bond acceptors (Lipinski definition) is 4. The van der Waals surface area contributed by atoms with E-state index >= 15 is 0 Å². The normalized spacial score (nSPS) is 14.7. The van der Waals surface area contributed by atoms with Crippen LogP contribution in [0.3, 0.4) is 0 Å². The summed E-state index contributed by atoms with van der Waals surface area (Å²) in [5.41, 5.74) is 4.85. The highest BCUT2D eigenvalue weighted by Crippen LogP contribution is 2.37. The maximum absolute atomic E-state index is 12.0. The Balaban J connectivity index is 2.17. The third kappa shape index (κ3) is 1.91. The van der Waals surface area contributed by atoms with Crippen molar-refractivity contribution in [3.8, 4) is 0 Å². The van der Waals surface area contributed by atoms with E-state index < -0.39 is 0 Å². The predicted octanol–water partition coefficient (Wildman–Crippen LogP) is 3.36. The zero-order valence-corrected chi connectivity index (χ0v) is 12.8. The van der Waals surface area contributed by atoms with Crippen LogP contribution in [0.2, 0.25) is 0 Å². The number of aromatic amines is 1. The van der Waals surface area contributed by atoms with Gasteiger partial charge >= 0.3 is 0 Å². The van der Waals surface area contributed by atoms with Crippen molar-refractivity contribution in [1.82, 2.24) is 15.0 Å². The number of aryl methyl sites for hydroxylation is 2. The first-order valence-corrected chi connectivity index (χ1v) is 8.41. The number of nitrogens with one attached hydrogen (secondary N) is 1. The maximum Gasteiger partial charge on any atom is 0.268 e. The van der Waals surface area contributed by atoms with Crippen molar-refractivity contribution in [1.29, 1.82) is 0 Å². The van der Waals surface area contributed by atoms with E-state index in [9.17, 15) is 4.79 Å².